The van der Waals surface area contributed by atoms with Gasteiger partial charge in [-0.25, -0.2) is 0 Å². The van der Waals surface area contributed by atoms with Crippen molar-refractivity contribution in [3.63, 3.8) is 0 Å². The van der Waals surface area contributed by atoms with Crippen molar-refractivity contribution in [2.45, 2.75) is 49.7 Å². The van der Waals surface area contributed by atoms with Crippen molar-refractivity contribution < 1.29 is 9.53 Å². The van der Waals surface area contributed by atoms with E-state index in [-0.39, 0.29) is 11.3 Å². The van der Waals surface area contributed by atoms with E-state index in [0.717, 1.165) is 51.4 Å². The molecular weight excluding hydrogens is 448 g/mol. The van der Waals surface area contributed by atoms with Crippen LogP contribution in [0.4, 0.5) is 5.69 Å². The van der Waals surface area contributed by atoms with E-state index in [0.29, 0.717) is 29.8 Å². The second-order valence-corrected chi connectivity index (χ2v) is 11.4. The fourth-order valence-corrected chi connectivity index (χ4v) is 7.42. The number of hydrogen-bond acceptors (Lipinski definition) is 5. The van der Waals surface area contributed by atoms with Crippen LogP contribution in [0.5, 0.6) is 0 Å². The van der Waals surface area contributed by atoms with Crippen molar-refractivity contribution in [2.24, 2.45) is 17.8 Å². The highest BCUT2D eigenvalue weighted by Crippen LogP contribution is 2.64. The second kappa shape index (κ2) is 9.10. The van der Waals surface area contributed by atoms with Crippen LogP contribution in [-0.4, -0.2) is 49.2 Å². The van der Waals surface area contributed by atoms with Gasteiger partial charge in [0.1, 0.15) is 0 Å². The molecule has 4 unspecified atom stereocenters. The van der Waals surface area contributed by atoms with Gasteiger partial charge in [-0.1, -0.05) is 54.6 Å². The number of para-hydroxylation sites is 1. The highest BCUT2D eigenvalue weighted by Gasteiger charge is 2.67. The van der Waals surface area contributed by atoms with Gasteiger partial charge in [-0.15, -0.1) is 0 Å². The first-order valence-corrected chi connectivity index (χ1v) is 13.7. The maximum absolute atomic E-state index is 12.9. The Morgan fingerprint density at radius 1 is 1.03 bits per heavy atom. The topological polar surface area (TPSA) is 65.6 Å². The van der Waals surface area contributed by atoms with Gasteiger partial charge in [0.2, 0.25) is 5.91 Å². The second-order valence-electron chi connectivity index (χ2n) is 11.4. The van der Waals surface area contributed by atoms with Gasteiger partial charge < -0.3 is 10.1 Å². The van der Waals surface area contributed by atoms with Gasteiger partial charge in [0.05, 0.1) is 18.6 Å². The first kappa shape index (κ1) is 22.7. The Morgan fingerprint density at radius 3 is 2.72 bits per heavy atom. The summed E-state index contributed by atoms with van der Waals surface area (Å²) in [7, 11) is 0. The number of nitrogens with one attached hydrogen (secondary N) is 3. The summed E-state index contributed by atoms with van der Waals surface area (Å²) in [6.45, 7) is 4.73. The number of ether oxygens (including phenoxy) is 1. The quantitative estimate of drug-likeness (QED) is 0.604. The molecule has 2 saturated carbocycles. The number of benzene rings is 2. The normalized spacial score (nSPS) is 35.7. The monoisotopic (exact) mass is 484 g/mol. The molecule has 7 rings (SSSR count). The van der Waals surface area contributed by atoms with Crippen LogP contribution >= 0.6 is 0 Å². The maximum Gasteiger partial charge on any atom is 0.235 e. The third kappa shape index (κ3) is 3.91. The van der Waals surface area contributed by atoms with Crippen molar-refractivity contribution in [1.82, 2.24) is 15.8 Å². The molecule has 2 aromatic rings. The molecule has 1 spiro atoms. The minimum atomic E-state index is -0.257. The highest BCUT2D eigenvalue weighted by molar-refractivity contribution is 6.08. The van der Waals surface area contributed by atoms with Crippen LogP contribution in [0.25, 0.3) is 6.08 Å². The molecule has 0 aromatic heterocycles. The lowest BCUT2D eigenvalue weighted by atomic mass is 9.73. The Labute approximate surface area is 213 Å². The number of fused-ring (bicyclic) bond motifs is 3. The van der Waals surface area contributed by atoms with Gasteiger partial charge in [0.15, 0.2) is 0 Å². The number of morpholine rings is 1. The Hall–Kier alpha value is -2.51. The predicted octanol–water partition coefficient (Wildman–Crippen LogP) is 3.70. The number of carbonyl (C=O) groups excluding carboxylic acids is 1. The first-order chi connectivity index (χ1) is 17.7. The molecule has 0 bridgehead atoms. The maximum atomic E-state index is 12.9. The summed E-state index contributed by atoms with van der Waals surface area (Å²) in [5.74, 6) is 1.93. The van der Waals surface area contributed by atoms with Crippen LogP contribution in [0.1, 0.15) is 42.4 Å². The molecule has 0 radical (unpaired) electrons. The van der Waals surface area contributed by atoms with Crippen LogP contribution in [0.2, 0.25) is 0 Å². The number of hydrazine groups is 1. The summed E-state index contributed by atoms with van der Waals surface area (Å²) in [4.78, 5) is 15.4. The van der Waals surface area contributed by atoms with Crippen LogP contribution in [0.3, 0.4) is 0 Å². The molecule has 188 valence electrons. The van der Waals surface area contributed by atoms with Gasteiger partial charge in [-0.3, -0.25) is 20.5 Å². The molecule has 2 saturated heterocycles. The van der Waals surface area contributed by atoms with Crippen LogP contribution in [-0.2, 0) is 21.5 Å². The lowest BCUT2D eigenvalue weighted by Crippen LogP contribution is -2.37. The van der Waals surface area contributed by atoms with Gasteiger partial charge in [-0.2, -0.15) is 0 Å². The Bertz CT molecular complexity index is 1160. The number of carbonyl (C=O) groups is 1. The molecule has 36 heavy (non-hydrogen) atoms. The van der Waals surface area contributed by atoms with Crippen molar-refractivity contribution in [3.8, 4) is 0 Å². The number of rotatable bonds is 5. The van der Waals surface area contributed by atoms with Crippen LogP contribution < -0.4 is 16.2 Å². The molecule has 6 nitrogen and oxygen atoms in total. The van der Waals surface area contributed by atoms with E-state index in [2.05, 4.69) is 69.6 Å². The predicted molar refractivity (Wildman–Crippen MR) is 141 cm³/mol. The van der Waals surface area contributed by atoms with E-state index in [1.165, 1.54) is 29.5 Å². The Morgan fingerprint density at radius 2 is 1.86 bits per heavy atom. The first-order valence-electron chi connectivity index (χ1n) is 13.7. The van der Waals surface area contributed by atoms with Gasteiger partial charge in [-0.05, 0) is 66.2 Å². The molecule has 1 amide bonds. The van der Waals surface area contributed by atoms with E-state index in [4.69, 9.17) is 4.74 Å². The van der Waals surface area contributed by atoms with Crippen molar-refractivity contribution in [3.05, 3.63) is 71.3 Å². The van der Waals surface area contributed by atoms with E-state index in [9.17, 15) is 4.79 Å². The standard InChI is InChI=1S/C30H36N4O2/c35-29-30(24-3-1-2-4-27(24)31-29)18-25(30)22-10-11-23-26(32-33-28(23)17-22)12-9-20-5-7-21(8-6-20)19-34-13-15-36-16-14-34/h1-9,12,22-23,25-26,28,32-33H,10-11,13-19H2,(H,31,35)/b12-9+/t22?,23?,25-,26?,28?,30-/m0/s1. The minimum Gasteiger partial charge on any atom is -0.379 e. The summed E-state index contributed by atoms with van der Waals surface area (Å²) in [5.41, 5.74) is 11.8. The summed E-state index contributed by atoms with van der Waals surface area (Å²) in [6, 6.07) is 18.1. The SMILES string of the molecule is O=C1Nc2ccccc2[C@]12C[C@H]2C1CCC2C(/C=C/c3ccc(CN4CCOCC4)cc3)NNC2C1. The zero-order valence-electron chi connectivity index (χ0n) is 20.8. The largest absolute Gasteiger partial charge is 0.379 e. The lowest BCUT2D eigenvalue weighted by Gasteiger charge is -2.33. The van der Waals surface area contributed by atoms with E-state index in [1.54, 1.807) is 0 Å². The average Bonchev–Trinajstić information content (AvgIpc) is 3.45. The number of anilines is 1. The number of amides is 1. The van der Waals surface area contributed by atoms with Gasteiger partial charge >= 0.3 is 0 Å². The average molecular weight is 485 g/mol. The van der Waals surface area contributed by atoms with E-state index < -0.39 is 0 Å². The lowest BCUT2D eigenvalue weighted by molar-refractivity contribution is -0.118. The van der Waals surface area contributed by atoms with Crippen LogP contribution in [0.15, 0.2) is 54.6 Å². The van der Waals surface area contributed by atoms with E-state index >= 15 is 0 Å². The smallest absolute Gasteiger partial charge is 0.235 e. The molecule has 5 aliphatic rings. The molecule has 3 aliphatic heterocycles. The Balaban J connectivity index is 0.958. The fourth-order valence-electron chi connectivity index (χ4n) is 7.42. The minimum absolute atomic E-state index is 0.227. The fraction of sp³-hybridized carbons (Fsp3) is 0.500. The van der Waals surface area contributed by atoms with Gasteiger partial charge in [0.25, 0.3) is 0 Å². The van der Waals surface area contributed by atoms with Crippen molar-refractivity contribution in [2.75, 3.05) is 31.6 Å². The van der Waals surface area contributed by atoms with Crippen molar-refractivity contribution in [1.29, 1.82) is 0 Å². The molecule has 6 atom stereocenters. The highest BCUT2D eigenvalue weighted by atomic mass is 16.5. The third-order valence-corrected chi connectivity index (χ3v) is 9.47. The van der Waals surface area contributed by atoms with E-state index in [1.807, 2.05) is 12.1 Å². The van der Waals surface area contributed by atoms with Crippen molar-refractivity contribution >= 4 is 17.7 Å². The summed E-state index contributed by atoms with van der Waals surface area (Å²) in [5, 5.41) is 3.15. The molecular formula is C30H36N4O2. The number of hydrogen-bond donors (Lipinski definition) is 3. The van der Waals surface area contributed by atoms with Crippen LogP contribution in [0, 0.1) is 17.8 Å². The molecule has 6 heteroatoms. The summed E-state index contributed by atoms with van der Waals surface area (Å²) < 4.78 is 5.46. The zero-order chi connectivity index (χ0) is 24.1. The molecule has 4 fully saturated rings. The third-order valence-electron chi connectivity index (χ3n) is 9.47. The Kier molecular flexibility index (Phi) is 5.73. The molecule has 2 aliphatic carbocycles. The summed E-state index contributed by atoms with van der Waals surface area (Å²) >= 11 is 0. The van der Waals surface area contributed by atoms with Gasteiger partial charge in [0, 0.05) is 37.4 Å². The summed E-state index contributed by atoms with van der Waals surface area (Å²) in [6.07, 6.45) is 9.19. The molecule has 3 N–H and O–H groups in total. The zero-order valence-corrected chi connectivity index (χ0v) is 20.8. The molecule has 2 aromatic carbocycles. The number of nitrogens with zero attached hydrogens (tertiary/aromatic N) is 1. The molecule has 3 heterocycles.